The van der Waals surface area contributed by atoms with Crippen molar-refractivity contribution in [1.29, 1.82) is 0 Å². The van der Waals surface area contributed by atoms with Crippen LogP contribution in [0.5, 0.6) is 5.75 Å². The summed E-state index contributed by atoms with van der Waals surface area (Å²) in [5, 5.41) is 0. The molecule has 1 unspecified atom stereocenters. The van der Waals surface area contributed by atoms with E-state index in [-0.39, 0.29) is 6.04 Å². The molecule has 2 N–H and O–H groups in total. The van der Waals surface area contributed by atoms with Crippen LogP contribution in [-0.2, 0) is 0 Å². The summed E-state index contributed by atoms with van der Waals surface area (Å²) in [5.74, 6) is 1.85. The Morgan fingerprint density at radius 3 is 2.41 bits per heavy atom. The van der Waals surface area contributed by atoms with Crippen LogP contribution in [0.4, 0.5) is 5.69 Å². The molecule has 0 aliphatic carbocycles. The predicted octanol–water partition coefficient (Wildman–Crippen LogP) is 2.11. The zero-order valence-corrected chi connectivity index (χ0v) is 12.9. The molecule has 2 aromatic rings. The van der Waals surface area contributed by atoms with Crippen LogP contribution in [0.25, 0.3) is 0 Å². The Morgan fingerprint density at radius 2 is 1.86 bits per heavy atom. The molecule has 1 aliphatic heterocycles. The van der Waals surface area contributed by atoms with Crippen molar-refractivity contribution in [1.82, 2.24) is 4.90 Å². The van der Waals surface area contributed by atoms with Gasteiger partial charge in [-0.15, -0.1) is 0 Å². The van der Waals surface area contributed by atoms with Gasteiger partial charge in [0, 0.05) is 38.4 Å². The van der Waals surface area contributed by atoms with E-state index in [1.54, 1.807) is 13.4 Å². The number of ether oxygens (including phenoxy) is 1. The van der Waals surface area contributed by atoms with Crippen molar-refractivity contribution in [3.05, 3.63) is 48.4 Å². The molecule has 118 valence electrons. The van der Waals surface area contributed by atoms with Crippen molar-refractivity contribution in [3.8, 4) is 5.75 Å². The zero-order chi connectivity index (χ0) is 15.4. The molecular weight excluding hydrogens is 278 g/mol. The number of furan rings is 1. The highest BCUT2D eigenvalue weighted by Crippen LogP contribution is 2.25. The van der Waals surface area contributed by atoms with E-state index in [4.69, 9.17) is 14.9 Å². The first-order chi connectivity index (χ1) is 10.8. The van der Waals surface area contributed by atoms with Crippen LogP contribution in [0.1, 0.15) is 11.8 Å². The maximum absolute atomic E-state index is 5.94. The Labute approximate surface area is 131 Å². The van der Waals surface area contributed by atoms with Gasteiger partial charge in [0.2, 0.25) is 0 Å². The van der Waals surface area contributed by atoms with Crippen LogP contribution < -0.4 is 15.4 Å². The maximum atomic E-state index is 5.94. The lowest BCUT2D eigenvalue weighted by Crippen LogP contribution is -2.49. The molecule has 3 rings (SSSR count). The van der Waals surface area contributed by atoms with Gasteiger partial charge in [0.25, 0.3) is 0 Å². The van der Waals surface area contributed by atoms with Gasteiger partial charge in [-0.05, 0) is 36.4 Å². The summed E-state index contributed by atoms with van der Waals surface area (Å²) in [7, 11) is 1.69. The van der Waals surface area contributed by atoms with Crippen LogP contribution in [0.15, 0.2) is 47.1 Å². The van der Waals surface area contributed by atoms with E-state index in [1.165, 1.54) is 5.69 Å². The van der Waals surface area contributed by atoms with Gasteiger partial charge >= 0.3 is 0 Å². The largest absolute Gasteiger partial charge is 0.497 e. The van der Waals surface area contributed by atoms with Crippen molar-refractivity contribution in [2.45, 2.75) is 6.04 Å². The summed E-state index contributed by atoms with van der Waals surface area (Å²) in [6.45, 7) is 4.52. The van der Waals surface area contributed by atoms with Gasteiger partial charge in [-0.1, -0.05) is 0 Å². The molecule has 5 heteroatoms. The van der Waals surface area contributed by atoms with Gasteiger partial charge in [-0.3, -0.25) is 4.90 Å². The monoisotopic (exact) mass is 301 g/mol. The molecule has 1 saturated heterocycles. The minimum absolute atomic E-state index is 0.174. The molecule has 0 spiro atoms. The number of hydrogen-bond donors (Lipinski definition) is 1. The Balaban J connectivity index is 1.61. The lowest BCUT2D eigenvalue weighted by molar-refractivity contribution is 0.169. The minimum atomic E-state index is 0.174. The molecule has 0 radical (unpaired) electrons. The third kappa shape index (κ3) is 3.10. The topological polar surface area (TPSA) is 54.9 Å². The summed E-state index contributed by atoms with van der Waals surface area (Å²) in [5.41, 5.74) is 7.18. The summed E-state index contributed by atoms with van der Waals surface area (Å²) in [4.78, 5) is 4.80. The second-order valence-corrected chi connectivity index (χ2v) is 5.49. The third-order valence-electron chi connectivity index (χ3n) is 4.29. The Bertz CT molecular complexity index is 560. The van der Waals surface area contributed by atoms with Crippen LogP contribution in [0.3, 0.4) is 0 Å². The molecule has 22 heavy (non-hydrogen) atoms. The van der Waals surface area contributed by atoms with Crippen LogP contribution in [-0.4, -0.2) is 44.7 Å². The number of piperazine rings is 1. The van der Waals surface area contributed by atoms with E-state index < -0.39 is 0 Å². The average molecular weight is 301 g/mol. The number of nitrogens with zero attached hydrogens (tertiary/aromatic N) is 2. The highest BCUT2D eigenvalue weighted by atomic mass is 16.5. The third-order valence-corrected chi connectivity index (χ3v) is 4.29. The fourth-order valence-electron chi connectivity index (χ4n) is 3.01. The number of benzene rings is 1. The van der Waals surface area contributed by atoms with E-state index in [1.807, 2.05) is 24.3 Å². The normalized spacial score (nSPS) is 17.5. The van der Waals surface area contributed by atoms with E-state index in [0.717, 1.165) is 37.7 Å². The van der Waals surface area contributed by atoms with Gasteiger partial charge in [0.05, 0.1) is 19.4 Å². The minimum Gasteiger partial charge on any atom is -0.497 e. The average Bonchev–Trinajstić information content (AvgIpc) is 3.11. The summed E-state index contributed by atoms with van der Waals surface area (Å²) in [6, 6.07) is 12.3. The quantitative estimate of drug-likeness (QED) is 0.916. The highest BCUT2D eigenvalue weighted by Gasteiger charge is 2.25. The van der Waals surface area contributed by atoms with Gasteiger partial charge in [0.1, 0.15) is 11.5 Å². The maximum Gasteiger partial charge on any atom is 0.122 e. The van der Waals surface area contributed by atoms with E-state index >= 15 is 0 Å². The van der Waals surface area contributed by atoms with Crippen molar-refractivity contribution in [2.24, 2.45) is 5.73 Å². The summed E-state index contributed by atoms with van der Waals surface area (Å²) < 4.78 is 10.7. The molecule has 0 saturated carbocycles. The molecule has 0 amide bonds. The van der Waals surface area contributed by atoms with Gasteiger partial charge in [0.15, 0.2) is 0 Å². The fraction of sp³-hybridized carbons (Fsp3) is 0.412. The number of nitrogens with two attached hydrogens (primary N) is 1. The van der Waals surface area contributed by atoms with Crippen molar-refractivity contribution in [2.75, 3.05) is 44.7 Å². The molecular formula is C17H23N3O2. The lowest BCUT2D eigenvalue weighted by Gasteiger charge is -2.39. The zero-order valence-electron chi connectivity index (χ0n) is 12.9. The first-order valence-electron chi connectivity index (χ1n) is 7.68. The Morgan fingerprint density at radius 1 is 1.14 bits per heavy atom. The van der Waals surface area contributed by atoms with Crippen molar-refractivity contribution >= 4 is 5.69 Å². The standard InChI is InChI=1S/C17H23N3O2/c1-21-15-6-4-14(5-7-15)19-8-10-20(11-9-19)16(13-18)17-3-2-12-22-17/h2-7,12,16H,8-11,13,18H2,1H3. The Hall–Kier alpha value is -1.98. The molecule has 1 fully saturated rings. The molecule has 1 atom stereocenters. The van der Waals surface area contributed by atoms with Crippen molar-refractivity contribution in [3.63, 3.8) is 0 Å². The molecule has 0 bridgehead atoms. The molecule has 1 aromatic heterocycles. The van der Waals surface area contributed by atoms with E-state index in [9.17, 15) is 0 Å². The molecule has 1 aliphatic rings. The lowest BCUT2D eigenvalue weighted by atomic mass is 10.1. The molecule has 2 heterocycles. The van der Waals surface area contributed by atoms with Crippen LogP contribution in [0.2, 0.25) is 0 Å². The van der Waals surface area contributed by atoms with E-state index in [0.29, 0.717) is 6.54 Å². The smallest absolute Gasteiger partial charge is 0.122 e. The van der Waals surface area contributed by atoms with Crippen LogP contribution in [0, 0.1) is 0 Å². The highest BCUT2D eigenvalue weighted by molar-refractivity contribution is 5.49. The number of anilines is 1. The first-order valence-corrected chi connectivity index (χ1v) is 7.68. The van der Waals surface area contributed by atoms with Gasteiger partial charge < -0.3 is 19.8 Å². The number of rotatable bonds is 5. The first kappa shape index (κ1) is 14.9. The predicted molar refractivity (Wildman–Crippen MR) is 87.3 cm³/mol. The van der Waals surface area contributed by atoms with Crippen molar-refractivity contribution < 1.29 is 9.15 Å². The van der Waals surface area contributed by atoms with Gasteiger partial charge in [-0.25, -0.2) is 0 Å². The van der Waals surface area contributed by atoms with Crippen LogP contribution >= 0.6 is 0 Å². The Kier molecular flexibility index (Phi) is 4.65. The number of methoxy groups -OCH3 is 1. The molecule has 5 nitrogen and oxygen atoms in total. The summed E-state index contributed by atoms with van der Waals surface area (Å²) in [6.07, 6.45) is 1.71. The molecule has 1 aromatic carbocycles. The second-order valence-electron chi connectivity index (χ2n) is 5.49. The summed E-state index contributed by atoms with van der Waals surface area (Å²) >= 11 is 0. The van der Waals surface area contributed by atoms with Gasteiger partial charge in [-0.2, -0.15) is 0 Å². The SMILES string of the molecule is COc1ccc(N2CCN(C(CN)c3ccco3)CC2)cc1. The second kappa shape index (κ2) is 6.85. The van der Waals surface area contributed by atoms with E-state index in [2.05, 4.69) is 21.9 Å². The fourth-order valence-corrected chi connectivity index (χ4v) is 3.01. The number of hydrogen-bond acceptors (Lipinski definition) is 5.